The second-order valence-corrected chi connectivity index (χ2v) is 26.3. The molecule has 0 nitrogen and oxygen atoms in total. The van der Waals surface area contributed by atoms with Gasteiger partial charge < -0.3 is 0 Å². The molecule has 7 heteroatoms. The van der Waals surface area contributed by atoms with Gasteiger partial charge in [0.25, 0.3) is 0 Å². The van der Waals surface area contributed by atoms with Crippen LogP contribution >= 0.6 is 63.3 Å². The van der Waals surface area contributed by atoms with Crippen molar-refractivity contribution < 1.29 is 8.30 Å². The topological polar surface area (TPSA) is 0 Å². The third-order valence-corrected chi connectivity index (χ3v) is 10.0. The van der Waals surface area contributed by atoms with Crippen molar-refractivity contribution in [2.75, 3.05) is 6.16 Å². The van der Waals surface area contributed by atoms with E-state index in [-0.39, 0.29) is 5.38 Å². The van der Waals surface area contributed by atoms with Crippen molar-refractivity contribution in [1.82, 2.24) is 0 Å². The normalized spacial score (nSPS) is 13.1. The van der Waals surface area contributed by atoms with E-state index in [4.69, 9.17) is 41.9 Å². The molecule has 3 aromatic carbocycles. The fraction of sp³-hybridized carbons (Fsp3) is 0.250. The molecule has 0 aliphatic rings. The van der Waals surface area contributed by atoms with E-state index in [1.54, 1.807) is 0 Å². The van der Waals surface area contributed by atoms with Gasteiger partial charge >= 0.3 is 52.7 Å². The molecule has 0 amide bonds. The molecule has 1 atom stereocenters. The Morgan fingerprint density at radius 2 is 1.06 bits per heavy atom. The molecule has 0 saturated carbocycles. The van der Waals surface area contributed by atoms with Crippen LogP contribution in [0.2, 0.25) is 0 Å². The van der Waals surface area contributed by atoms with E-state index >= 15 is 0 Å². The molecule has 3 rings (SSSR count). The van der Waals surface area contributed by atoms with Crippen LogP contribution in [-0.4, -0.2) is 11.5 Å². The van der Waals surface area contributed by atoms with Crippen LogP contribution in [0.5, 0.6) is 0 Å². The van der Waals surface area contributed by atoms with E-state index in [1.165, 1.54) is 28.8 Å². The first-order chi connectivity index (χ1) is 14.8. The Hall–Kier alpha value is 0.249. The van der Waals surface area contributed by atoms with Gasteiger partial charge in [0.1, 0.15) is 23.2 Å². The SMILES string of the molecule is CCCCC(Cl)C[P+](c1ccccc1)(c1ccccc1)c1ccccc1.[Cl][Fe-]([Cl])([Cl])[Br]. The third kappa shape index (κ3) is 9.19. The number of benzene rings is 3. The first-order valence-corrected chi connectivity index (χ1v) is 19.7. The molecule has 0 aliphatic heterocycles. The zero-order valence-electron chi connectivity index (χ0n) is 17.3. The Bertz CT molecular complexity index is 774. The summed E-state index contributed by atoms with van der Waals surface area (Å²) in [6, 6.07) is 33.0. The van der Waals surface area contributed by atoms with Crippen molar-refractivity contribution in [3.8, 4) is 0 Å². The van der Waals surface area contributed by atoms with Gasteiger partial charge in [0.2, 0.25) is 0 Å². The van der Waals surface area contributed by atoms with Crippen molar-refractivity contribution >= 4 is 79.2 Å². The molecule has 0 N–H and O–H groups in total. The molecular weight excluding hydrogens is 597 g/mol. The van der Waals surface area contributed by atoms with Gasteiger partial charge in [0, 0.05) is 0 Å². The number of unbranched alkanes of at least 4 members (excludes halogenated alkanes) is 1. The number of halogens is 5. The van der Waals surface area contributed by atoms with E-state index in [0.29, 0.717) is 0 Å². The van der Waals surface area contributed by atoms with Crippen LogP contribution in [0.3, 0.4) is 0 Å². The molecule has 0 fully saturated rings. The fourth-order valence-corrected chi connectivity index (χ4v) is 8.75. The Kier molecular flexibility index (Phi) is 12.3. The van der Waals surface area contributed by atoms with Gasteiger partial charge in [-0.15, -0.1) is 11.6 Å². The number of rotatable bonds is 8. The molecule has 0 aromatic heterocycles. The van der Waals surface area contributed by atoms with Crippen LogP contribution in [-0.2, 0) is 8.30 Å². The zero-order valence-corrected chi connectivity index (χ0v) is 23.9. The molecule has 0 saturated heterocycles. The summed E-state index contributed by atoms with van der Waals surface area (Å²) in [6.45, 7) is 2.23. The van der Waals surface area contributed by atoms with E-state index in [2.05, 4.69) is 112 Å². The van der Waals surface area contributed by atoms with Crippen LogP contribution in [0.1, 0.15) is 26.2 Å². The summed E-state index contributed by atoms with van der Waals surface area (Å²) in [7, 11) is 11.3. The molecule has 171 valence electrons. The first kappa shape index (κ1) is 27.5. The summed E-state index contributed by atoms with van der Waals surface area (Å²) in [5, 5.41) is 4.43. The Balaban J connectivity index is 0.000000614. The molecular formula is C24H27BrCl4FeP. The van der Waals surface area contributed by atoms with Gasteiger partial charge in [-0.2, -0.15) is 0 Å². The third-order valence-electron chi connectivity index (χ3n) is 4.93. The van der Waals surface area contributed by atoms with Gasteiger partial charge in [0.05, 0.1) is 11.5 Å². The second-order valence-electron chi connectivity index (χ2n) is 7.04. The molecule has 0 heterocycles. The van der Waals surface area contributed by atoms with Gasteiger partial charge in [0.15, 0.2) is 0 Å². The summed E-state index contributed by atoms with van der Waals surface area (Å²) < 4.78 is 0. The van der Waals surface area contributed by atoms with E-state index < -0.39 is 15.6 Å². The minimum atomic E-state index is -2.27. The predicted octanol–water partition coefficient (Wildman–Crippen LogP) is 8.69. The van der Waals surface area contributed by atoms with Crippen molar-refractivity contribution in [2.24, 2.45) is 0 Å². The quantitative estimate of drug-likeness (QED) is 0.134. The zero-order chi connectivity index (χ0) is 22.7. The van der Waals surface area contributed by atoms with E-state index in [1.807, 2.05) is 0 Å². The molecule has 3 aromatic rings. The maximum absolute atomic E-state index is 6.92. The van der Waals surface area contributed by atoms with Gasteiger partial charge in [-0.3, -0.25) is 0 Å². The number of hydrogen-bond acceptors (Lipinski definition) is 0. The molecule has 0 radical (unpaired) electrons. The number of hydrogen-bond donors (Lipinski definition) is 0. The monoisotopic (exact) mass is 621 g/mol. The van der Waals surface area contributed by atoms with Crippen LogP contribution in [0.4, 0.5) is 0 Å². The summed E-state index contributed by atoms with van der Waals surface area (Å²) in [5.74, 6) is 0. The van der Waals surface area contributed by atoms with E-state index in [9.17, 15) is 0 Å². The molecule has 1 unspecified atom stereocenters. The standard InChI is InChI=1S/C24H27ClP.BrH.3ClH.Fe/c1-2-3-13-21(25)20-26(22-14-7-4-8-15-22,23-16-9-5-10-17-23)24-18-11-6-12-19-24;;;;;/h4-12,14-19,21H,2-3,13,20H2,1H3;4*1H;/q+1;;;;;+3/p-4. The molecule has 31 heavy (non-hydrogen) atoms. The molecule has 0 spiro atoms. The van der Waals surface area contributed by atoms with Crippen LogP contribution in [0.15, 0.2) is 91.0 Å². The van der Waals surface area contributed by atoms with Crippen LogP contribution < -0.4 is 15.9 Å². The van der Waals surface area contributed by atoms with Gasteiger partial charge in [-0.25, -0.2) is 0 Å². The first-order valence-electron chi connectivity index (χ1n) is 10.00. The Morgan fingerprint density at radius 3 is 1.35 bits per heavy atom. The van der Waals surface area contributed by atoms with Gasteiger partial charge in [-0.05, 0) is 42.8 Å². The van der Waals surface area contributed by atoms with Crippen molar-refractivity contribution in [2.45, 2.75) is 31.6 Å². The van der Waals surface area contributed by atoms with Crippen molar-refractivity contribution in [3.05, 3.63) is 91.0 Å². The van der Waals surface area contributed by atoms with Gasteiger partial charge in [-0.1, -0.05) is 74.4 Å². The van der Waals surface area contributed by atoms with Crippen molar-refractivity contribution in [1.29, 1.82) is 0 Å². The van der Waals surface area contributed by atoms with E-state index in [0.717, 1.165) is 12.6 Å². The fourth-order valence-electron chi connectivity index (χ4n) is 3.62. The van der Waals surface area contributed by atoms with Crippen LogP contribution in [0.25, 0.3) is 0 Å². The number of alkyl halides is 1. The summed E-state index contributed by atoms with van der Waals surface area (Å²) in [5.41, 5.74) is 0. The molecule has 0 aliphatic carbocycles. The average molecular weight is 624 g/mol. The summed E-state index contributed by atoms with van der Waals surface area (Å²) in [6.07, 6.45) is 4.46. The van der Waals surface area contributed by atoms with Crippen molar-refractivity contribution in [3.63, 3.8) is 0 Å². The second kappa shape index (κ2) is 13.8. The summed E-state index contributed by atoms with van der Waals surface area (Å²) >= 11 is 9.72. The minimum absolute atomic E-state index is 0.184. The Morgan fingerprint density at radius 1 is 0.742 bits per heavy atom. The maximum atomic E-state index is 6.92. The summed E-state index contributed by atoms with van der Waals surface area (Å²) in [4.78, 5) is 0. The molecule has 0 bridgehead atoms. The average Bonchev–Trinajstić information content (AvgIpc) is 2.77. The van der Waals surface area contributed by atoms with Crippen LogP contribution in [0, 0.1) is 0 Å². The Labute approximate surface area is 214 Å². The predicted molar refractivity (Wildman–Crippen MR) is 146 cm³/mol.